The summed E-state index contributed by atoms with van der Waals surface area (Å²) < 4.78 is 5.59. The molecule has 4 saturated carbocycles. The van der Waals surface area contributed by atoms with Gasteiger partial charge in [0.15, 0.2) is 0 Å². The van der Waals surface area contributed by atoms with E-state index in [4.69, 9.17) is 4.74 Å². The molecule has 0 spiro atoms. The van der Waals surface area contributed by atoms with Gasteiger partial charge in [0.25, 0.3) is 0 Å². The maximum absolute atomic E-state index is 12.5. The minimum absolute atomic E-state index is 0.128. The Morgan fingerprint density at radius 1 is 1.08 bits per heavy atom. The van der Waals surface area contributed by atoms with E-state index in [0.29, 0.717) is 30.0 Å². The van der Waals surface area contributed by atoms with Crippen LogP contribution in [0, 0.1) is 28.6 Å². The molecule has 7 atom stereocenters. The molecule has 0 aliphatic heterocycles. The zero-order chi connectivity index (χ0) is 18.0. The van der Waals surface area contributed by atoms with Crippen LogP contribution in [0.4, 0.5) is 0 Å². The average Bonchev–Trinajstić information content (AvgIpc) is 2.85. The van der Waals surface area contributed by atoms with E-state index in [0.717, 1.165) is 51.4 Å². The van der Waals surface area contributed by atoms with Crippen molar-refractivity contribution in [3.05, 3.63) is 0 Å². The Balaban J connectivity index is 1.67. The highest BCUT2D eigenvalue weighted by Gasteiger charge is 2.66. The van der Waals surface area contributed by atoms with Crippen LogP contribution in [0.2, 0.25) is 0 Å². The number of fused-ring (bicyclic) bond motifs is 5. The smallest absolute Gasteiger partial charge is 0.303 e. The molecule has 0 unspecified atom stereocenters. The normalized spacial score (nSPS) is 52.1. The first kappa shape index (κ1) is 17.5. The van der Waals surface area contributed by atoms with Crippen LogP contribution < -0.4 is 0 Å². The average molecular weight is 348 g/mol. The highest BCUT2D eigenvalue weighted by Crippen LogP contribution is 2.66. The molecule has 4 heteroatoms. The molecular formula is C21H32O4. The number of hydrogen-bond donors (Lipinski definition) is 1. The van der Waals surface area contributed by atoms with Gasteiger partial charge in [0, 0.05) is 24.2 Å². The van der Waals surface area contributed by atoms with Crippen molar-refractivity contribution < 1.29 is 19.4 Å². The molecule has 25 heavy (non-hydrogen) atoms. The van der Waals surface area contributed by atoms with Gasteiger partial charge in [-0.3, -0.25) is 9.59 Å². The van der Waals surface area contributed by atoms with Gasteiger partial charge in [-0.15, -0.1) is 0 Å². The lowest BCUT2D eigenvalue weighted by atomic mass is 9.43. The maximum Gasteiger partial charge on any atom is 0.303 e. The Labute approximate surface area is 150 Å². The lowest BCUT2D eigenvalue weighted by Crippen LogP contribution is -2.66. The first-order valence-corrected chi connectivity index (χ1v) is 10.2. The van der Waals surface area contributed by atoms with Gasteiger partial charge in [-0.05, 0) is 69.1 Å². The van der Waals surface area contributed by atoms with Crippen LogP contribution in [0.25, 0.3) is 0 Å². The summed E-state index contributed by atoms with van der Waals surface area (Å²) in [5.74, 6) is 1.63. The molecule has 140 valence electrons. The molecule has 1 N–H and O–H groups in total. The Hall–Kier alpha value is -0.900. The highest BCUT2D eigenvalue weighted by molar-refractivity contribution is 5.87. The van der Waals surface area contributed by atoms with E-state index < -0.39 is 5.60 Å². The van der Waals surface area contributed by atoms with Gasteiger partial charge < -0.3 is 9.84 Å². The Bertz CT molecular complexity index is 601. The lowest BCUT2D eigenvalue weighted by molar-refractivity contribution is -0.250. The largest absolute Gasteiger partial charge is 0.459 e. The van der Waals surface area contributed by atoms with E-state index in [-0.39, 0.29) is 22.9 Å². The van der Waals surface area contributed by atoms with Crippen molar-refractivity contribution in [2.75, 3.05) is 0 Å². The number of carbonyl (C=O) groups is 2. The van der Waals surface area contributed by atoms with E-state index in [1.807, 2.05) is 0 Å². The topological polar surface area (TPSA) is 63.6 Å². The van der Waals surface area contributed by atoms with Gasteiger partial charge in [0.1, 0.15) is 17.5 Å². The summed E-state index contributed by atoms with van der Waals surface area (Å²) in [4.78, 5) is 24.1. The summed E-state index contributed by atoms with van der Waals surface area (Å²) in [7, 11) is 0. The van der Waals surface area contributed by atoms with Gasteiger partial charge in [-0.2, -0.15) is 0 Å². The molecule has 0 heterocycles. The molecular weight excluding hydrogens is 316 g/mol. The first-order chi connectivity index (χ1) is 11.7. The summed E-state index contributed by atoms with van der Waals surface area (Å²) in [5.41, 5.74) is -1.24. The van der Waals surface area contributed by atoms with Crippen LogP contribution in [-0.2, 0) is 14.3 Å². The van der Waals surface area contributed by atoms with Crippen LogP contribution in [-0.4, -0.2) is 28.6 Å². The van der Waals surface area contributed by atoms with Gasteiger partial charge in [0.2, 0.25) is 0 Å². The third-order valence-electron chi connectivity index (χ3n) is 8.82. The molecule has 4 rings (SSSR count). The summed E-state index contributed by atoms with van der Waals surface area (Å²) in [5, 5.41) is 11.7. The van der Waals surface area contributed by atoms with Crippen LogP contribution in [0.3, 0.4) is 0 Å². The van der Waals surface area contributed by atoms with Crippen molar-refractivity contribution >= 4 is 11.8 Å². The van der Waals surface area contributed by atoms with E-state index in [1.165, 1.54) is 6.92 Å². The Morgan fingerprint density at radius 2 is 1.84 bits per heavy atom. The van der Waals surface area contributed by atoms with Crippen molar-refractivity contribution in [2.45, 2.75) is 90.3 Å². The van der Waals surface area contributed by atoms with Crippen molar-refractivity contribution in [1.82, 2.24) is 0 Å². The van der Waals surface area contributed by atoms with Crippen LogP contribution in [0.5, 0.6) is 0 Å². The predicted molar refractivity (Wildman–Crippen MR) is 93.7 cm³/mol. The SMILES string of the molecule is CC(=O)O[C@@H]1CCC[C@]2(C)[C@H]3CC[C@]4(C)C(=O)CC[C@H]4[C@@H]3CC[C@@]12O. The molecule has 4 aliphatic carbocycles. The number of rotatable bonds is 1. The third-order valence-corrected chi connectivity index (χ3v) is 8.82. The highest BCUT2D eigenvalue weighted by atomic mass is 16.6. The van der Waals surface area contributed by atoms with E-state index >= 15 is 0 Å². The minimum atomic E-state index is -0.908. The van der Waals surface area contributed by atoms with E-state index in [9.17, 15) is 14.7 Å². The molecule has 4 fully saturated rings. The van der Waals surface area contributed by atoms with Crippen molar-refractivity contribution in [3.63, 3.8) is 0 Å². The number of ketones is 1. The third kappa shape index (κ3) is 2.22. The lowest BCUT2D eigenvalue weighted by Gasteiger charge is -2.64. The maximum atomic E-state index is 12.5. The number of esters is 1. The molecule has 0 aromatic heterocycles. The number of hydrogen-bond acceptors (Lipinski definition) is 4. The standard InChI is InChI=1S/C21H32O4/c1-13(22)25-18-5-4-10-20(3)16-9-11-19(2)15(6-7-17(19)23)14(16)8-12-21(18,20)24/h14-16,18,24H,4-12H2,1-3H3/t14-,15-,16-,18+,19-,20+,21+/m0/s1. The molecule has 0 aromatic rings. The number of ether oxygens (including phenoxy) is 1. The fourth-order valence-corrected chi connectivity index (χ4v) is 7.43. The first-order valence-electron chi connectivity index (χ1n) is 10.2. The minimum Gasteiger partial charge on any atom is -0.459 e. The van der Waals surface area contributed by atoms with Crippen molar-refractivity contribution in [3.8, 4) is 0 Å². The molecule has 0 saturated heterocycles. The second-order valence-corrected chi connectivity index (χ2v) is 9.67. The van der Waals surface area contributed by atoms with Gasteiger partial charge >= 0.3 is 5.97 Å². The van der Waals surface area contributed by atoms with Crippen LogP contribution in [0.15, 0.2) is 0 Å². The zero-order valence-corrected chi connectivity index (χ0v) is 15.8. The molecule has 0 radical (unpaired) electrons. The molecule has 4 nitrogen and oxygen atoms in total. The van der Waals surface area contributed by atoms with Gasteiger partial charge in [-0.25, -0.2) is 0 Å². The fraction of sp³-hybridized carbons (Fsp3) is 0.905. The number of carbonyl (C=O) groups excluding carboxylic acids is 2. The predicted octanol–water partition coefficient (Wildman–Crippen LogP) is 3.64. The molecule has 0 bridgehead atoms. The van der Waals surface area contributed by atoms with Crippen molar-refractivity contribution in [2.24, 2.45) is 28.6 Å². The van der Waals surface area contributed by atoms with E-state index in [2.05, 4.69) is 13.8 Å². The second kappa shape index (κ2) is 5.55. The van der Waals surface area contributed by atoms with Gasteiger partial charge in [0.05, 0.1) is 0 Å². The molecule has 0 aromatic carbocycles. The van der Waals surface area contributed by atoms with E-state index in [1.54, 1.807) is 0 Å². The summed E-state index contributed by atoms with van der Waals surface area (Å²) in [6, 6.07) is 0. The molecule has 4 aliphatic rings. The fourth-order valence-electron chi connectivity index (χ4n) is 7.43. The Kier molecular flexibility index (Phi) is 3.89. The van der Waals surface area contributed by atoms with Crippen LogP contribution >= 0.6 is 0 Å². The Morgan fingerprint density at radius 3 is 2.56 bits per heavy atom. The quantitative estimate of drug-likeness (QED) is 0.735. The van der Waals surface area contributed by atoms with Gasteiger partial charge in [-0.1, -0.05) is 13.8 Å². The molecule has 0 amide bonds. The monoisotopic (exact) mass is 348 g/mol. The van der Waals surface area contributed by atoms with Crippen molar-refractivity contribution in [1.29, 1.82) is 0 Å². The summed E-state index contributed by atoms with van der Waals surface area (Å²) in [6.45, 7) is 5.87. The second-order valence-electron chi connectivity index (χ2n) is 9.67. The zero-order valence-electron chi connectivity index (χ0n) is 15.8. The number of Topliss-reactive ketones (excluding diaryl/α,β-unsaturated/α-hetero) is 1. The number of aliphatic hydroxyl groups is 1. The summed E-state index contributed by atoms with van der Waals surface area (Å²) >= 11 is 0. The summed E-state index contributed by atoms with van der Waals surface area (Å²) in [6.07, 6.45) is 7.80. The van der Waals surface area contributed by atoms with Crippen LogP contribution in [0.1, 0.15) is 78.6 Å².